The molecule has 0 unspecified atom stereocenters. The minimum absolute atomic E-state index is 0. The van der Waals surface area contributed by atoms with E-state index in [0.29, 0.717) is 0 Å². The van der Waals surface area contributed by atoms with Crippen LogP contribution in [0.4, 0.5) is 34.1 Å². The third-order valence-corrected chi connectivity index (χ3v) is 35.3. The maximum atomic E-state index is 2.60. The first-order chi connectivity index (χ1) is 68.3. The quantitative estimate of drug-likeness (QED) is 0.135. The van der Waals surface area contributed by atoms with Crippen LogP contribution in [-0.2, 0) is 65.0 Å². The van der Waals surface area contributed by atoms with Crippen molar-refractivity contribution in [1.82, 2.24) is 0 Å². The highest BCUT2D eigenvalue weighted by Crippen LogP contribution is 2.62. The Labute approximate surface area is 880 Å². The Kier molecular flexibility index (Phi) is 22.8. The van der Waals surface area contributed by atoms with Crippen molar-refractivity contribution in [2.24, 2.45) is 0 Å². The lowest BCUT2D eigenvalue weighted by Gasteiger charge is -2.33. The van der Waals surface area contributed by atoms with Gasteiger partial charge in [0.25, 0.3) is 0 Å². The van der Waals surface area contributed by atoms with E-state index in [1.54, 1.807) is 0 Å². The molecule has 740 valence electrons. The molecule has 147 heavy (non-hydrogen) atoms. The number of anilines is 6. The standard InChI is InChI=1S/C78H79N.C65H63N.2CH4/c1-72(2,3)48-28-34-57-55-32-26-46(38-65(55)77(14,15)67(57)40-48)61-42-52(43-62(71(61)74(7,8)9)47-27-33-56-58-35-29-49(73(4,5)6)41-68(58)78(16,17)66(56)39-47)79(50-30-36-59-53-22-18-20-24-63(53)75(10,11)69(59)44-50)51-31-37-60-54-23-19-21-25-64(54)76(12,13)70(60)45-51;1-61(2,3)44-24-29-52-50-27-22-40(35-56(50)64(9,10)58(52)37-44)42-32-43(41-23-28-51-53-30-25-45(62(4,5)6)38-59(53)65(11,12)57(51)36-41)34-48(33-42)66(46-18-14-13-15-19-46)47-26-31-54-49-20-16-17-21-55(49)63(7,8)60(54)39-47;;/h18-45H,1-17H3;13-39H,1-12H3;2*1H4. The van der Waals surface area contributed by atoms with Crippen molar-refractivity contribution in [3.8, 4) is 122 Å². The number of rotatable bonds is 10. The lowest BCUT2D eigenvalue weighted by molar-refractivity contribution is 0.584. The van der Waals surface area contributed by atoms with Crippen LogP contribution in [0.15, 0.2) is 334 Å². The first kappa shape index (κ1) is 99.3. The second-order valence-electron chi connectivity index (χ2n) is 52.2. The molecule has 0 aliphatic heterocycles. The van der Waals surface area contributed by atoms with Gasteiger partial charge in [-0.15, -0.1) is 0 Å². The minimum atomic E-state index is -0.237. The van der Waals surface area contributed by atoms with Crippen LogP contribution in [0.2, 0.25) is 0 Å². The lowest BCUT2D eigenvalue weighted by atomic mass is 9.74. The third kappa shape index (κ3) is 15.5. The molecule has 0 fully saturated rings. The van der Waals surface area contributed by atoms with Gasteiger partial charge < -0.3 is 9.80 Å². The summed E-state index contributed by atoms with van der Waals surface area (Å²) in [5.41, 5.74) is 60.9. The Bertz CT molecular complexity index is 7920. The van der Waals surface area contributed by atoms with Gasteiger partial charge in [0.2, 0.25) is 0 Å². The molecule has 24 rings (SSSR count). The van der Waals surface area contributed by atoms with E-state index in [9.17, 15) is 0 Å². The third-order valence-electron chi connectivity index (χ3n) is 35.3. The van der Waals surface area contributed by atoms with Gasteiger partial charge in [-0.05, 0) is 358 Å². The summed E-state index contributed by atoms with van der Waals surface area (Å²) in [5.74, 6) is 0. The fourth-order valence-electron chi connectivity index (χ4n) is 26.6. The van der Waals surface area contributed by atoms with Crippen molar-refractivity contribution in [2.45, 2.75) is 281 Å². The van der Waals surface area contributed by atoms with Crippen molar-refractivity contribution in [3.05, 3.63) is 439 Å². The van der Waals surface area contributed by atoms with E-state index in [-0.39, 0.29) is 79.8 Å². The van der Waals surface area contributed by atoms with E-state index in [1.807, 2.05) is 0 Å². The predicted octanol–water partition coefficient (Wildman–Crippen LogP) is 40.9. The van der Waals surface area contributed by atoms with Crippen molar-refractivity contribution in [3.63, 3.8) is 0 Å². The molecule has 0 atom stereocenters. The first-order valence-corrected chi connectivity index (χ1v) is 53.2. The average Bonchev–Trinajstić information content (AvgIpc) is 1.59. The number of hydrogen-bond acceptors (Lipinski definition) is 2. The summed E-state index contributed by atoms with van der Waals surface area (Å²) in [7, 11) is 0. The van der Waals surface area contributed by atoms with Crippen LogP contribution >= 0.6 is 0 Å². The molecule has 0 radical (unpaired) electrons. The van der Waals surface area contributed by atoms with Gasteiger partial charge in [0.05, 0.1) is 0 Å². The van der Waals surface area contributed by atoms with Crippen LogP contribution in [0.3, 0.4) is 0 Å². The molecule has 0 saturated heterocycles. The lowest BCUT2D eigenvalue weighted by Crippen LogP contribution is -2.20. The van der Waals surface area contributed by atoms with Crippen LogP contribution in [0.1, 0.15) is 321 Å². The molecule has 0 N–H and O–H groups in total. The molecule has 2 nitrogen and oxygen atoms in total. The molecule has 7 aliphatic carbocycles. The number of para-hydroxylation sites is 1. The summed E-state index contributed by atoms with van der Waals surface area (Å²) < 4.78 is 0. The molecular weight excluding hydrogens is 1770 g/mol. The first-order valence-electron chi connectivity index (χ1n) is 53.2. The van der Waals surface area contributed by atoms with Crippen LogP contribution in [-0.4, -0.2) is 0 Å². The van der Waals surface area contributed by atoms with Crippen molar-refractivity contribution >= 4 is 34.1 Å². The Morgan fingerprint density at radius 3 is 0.633 bits per heavy atom. The summed E-state index contributed by atoms with van der Waals surface area (Å²) in [5, 5.41) is 0. The SMILES string of the molecule is C.C.CC(C)(C)c1ccc2c(c1)C(C)(C)c1cc(-c3cc(-c4ccc5c(c4)C(C)(C)c4cc(C(C)(C)C)ccc4-5)cc(N(c4ccccc4)c4ccc5c(c4)C(C)(C)c4ccccc4-5)c3)ccc1-2.CC(C)(C)c1ccc2c(c1)C(C)(C)c1cc(-c3cc(N(c4ccc5c(c4)C(C)(C)c4ccccc4-5)c4ccc5c(c4)C(C)(C)c4ccccc4-5)cc(-c4ccc5c(c4)C(C)(C)c4cc(C(C)(C)C)ccc4-5)c3C(C)(C)C)ccc1-2. The van der Waals surface area contributed by atoms with E-state index >= 15 is 0 Å². The van der Waals surface area contributed by atoms with Crippen LogP contribution < -0.4 is 9.80 Å². The number of hydrogen-bond donors (Lipinski definition) is 0. The maximum absolute atomic E-state index is 2.60. The van der Waals surface area contributed by atoms with Gasteiger partial charge in [-0.3, -0.25) is 0 Å². The molecule has 0 amide bonds. The van der Waals surface area contributed by atoms with Crippen molar-refractivity contribution in [1.29, 1.82) is 0 Å². The van der Waals surface area contributed by atoms with Crippen LogP contribution in [0.5, 0.6) is 0 Å². The van der Waals surface area contributed by atoms with Gasteiger partial charge >= 0.3 is 0 Å². The Hall–Kier alpha value is -13.7. The summed E-state index contributed by atoms with van der Waals surface area (Å²) in [4.78, 5) is 5.08. The van der Waals surface area contributed by atoms with Crippen molar-refractivity contribution in [2.75, 3.05) is 9.80 Å². The van der Waals surface area contributed by atoms with Crippen LogP contribution in [0, 0.1) is 0 Å². The molecule has 0 spiro atoms. The van der Waals surface area contributed by atoms with Gasteiger partial charge in [-0.1, -0.05) is 446 Å². The normalized spacial score (nSPS) is 15.8. The smallest absolute Gasteiger partial charge is 0.0474 e. The molecular formula is C145H150N2. The molecule has 7 aliphatic rings. The second-order valence-corrected chi connectivity index (χ2v) is 52.2. The van der Waals surface area contributed by atoms with Gasteiger partial charge in [0.1, 0.15) is 0 Å². The zero-order chi connectivity index (χ0) is 102. The highest BCUT2D eigenvalue weighted by atomic mass is 15.1. The van der Waals surface area contributed by atoms with E-state index < -0.39 is 0 Å². The van der Waals surface area contributed by atoms with E-state index in [4.69, 9.17) is 0 Å². The molecule has 17 aromatic rings. The predicted molar refractivity (Wildman–Crippen MR) is 634 cm³/mol. The van der Waals surface area contributed by atoms with Gasteiger partial charge in [0.15, 0.2) is 0 Å². The fraction of sp³-hybridized carbons (Fsp3) is 0.297. The summed E-state index contributed by atoms with van der Waals surface area (Å²) in [6.07, 6.45) is 0. The maximum Gasteiger partial charge on any atom is 0.0474 e. The minimum Gasteiger partial charge on any atom is -0.310 e. The highest BCUT2D eigenvalue weighted by Gasteiger charge is 2.46. The Balaban J connectivity index is 0.000000173. The highest BCUT2D eigenvalue weighted by molar-refractivity contribution is 5.98. The molecule has 17 aromatic carbocycles. The Morgan fingerprint density at radius 2 is 0.354 bits per heavy atom. The van der Waals surface area contributed by atoms with E-state index in [0.717, 1.165) is 34.1 Å². The van der Waals surface area contributed by atoms with Gasteiger partial charge in [0, 0.05) is 72.0 Å². The van der Waals surface area contributed by atoms with E-state index in [1.165, 1.54) is 228 Å². The summed E-state index contributed by atoms with van der Waals surface area (Å²) >= 11 is 0. The zero-order valence-electron chi connectivity index (χ0n) is 91.1. The fourth-order valence-corrected chi connectivity index (χ4v) is 26.6. The largest absolute Gasteiger partial charge is 0.310 e. The average molecular weight is 1920 g/mol. The molecule has 0 heterocycles. The topological polar surface area (TPSA) is 6.48 Å². The zero-order valence-corrected chi connectivity index (χ0v) is 91.1. The molecule has 2 heteroatoms. The summed E-state index contributed by atoms with van der Waals surface area (Å²) in [6.45, 7) is 69.0. The van der Waals surface area contributed by atoms with E-state index in [2.05, 4.69) is 544 Å². The van der Waals surface area contributed by atoms with Gasteiger partial charge in [-0.25, -0.2) is 0 Å². The van der Waals surface area contributed by atoms with Gasteiger partial charge in [-0.2, -0.15) is 0 Å². The monoisotopic (exact) mass is 1920 g/mol. The molecule has 0 bridgehead atoms. The molecule has 0 aromatic heterocycles. The Morgan fingerprint density at radius 1 is 0.143 bits per heavy atom. The number of nitrogens with zero attached hydrogens (tertiary/aromatic N) is 2. The molecule has 0 saturated carbocycles. The number of fused-ring (bicyclic) bond motifs is 21. The summed E-state index contributed by atoms with van der Waals surface area (Å²) in [6, 6.07) is 130. The van der Waals surface area contributed by atoms with Crippen molar-refractivity contribution < 1.29 is 0 Å². The van der Waals surface area contributed by atoms with Crippen LogP contribution in [0.25, 0.3) is 122 Å². The second kappa shape index (κ2) is 33.7. The number of benzene rings is 17.